The fraction of sp³-hybridized carbons (Fsp3) is 0.600. The number of nitrogens with zero attached hydrogens (tertiary/aromatic N) is 2. The summed E-state index contributed by atoms with van der Waals surface area (Å²) in [6, 6.07) is 5.78. The van der Waals surface area contributed by atoms with Crippen molar-refractivity contribution in [2.24, 2.45) is 0 Å². The second kappa shape index (κ2) is 9.45. The highest BCUT2D eigenvalue weighted by Crippen LogP contribution is 2.19. The number of benzene rings is 1. The number of methoxy groups -OCH3 is 1. The SMILES string of the molecule is COCCN(CCS(=O)(=O)N1CCNCC1)S(=O)(=O)c1ccc(Cl)cc1. The van der Waals surface area contributed by atoms with Gasteiger partial charge in [0, 0.05) is 51.4 Å². The third kappa shape index (κ3) is 5.62. The van der Waals surface area contributed by atoms with E-state index in [0.717, 1.165) is 4.31 Å². The van der Waals surface area contributed by atoms with Gasteiger partial charge in [0.1, 0.15) is 0 Å². The van der Waals surface area contributed by atoms with Crippen LogP contribution in [0.5, 0.6) is 0 Å². The second-order valence-corrected chi connectivity index (χ2v) is 10.3. The fourth-order valence-corrected chi connectivity index (χ4v) is 5.68. The van der Waals surface area contributed by atoms with Crippen LogP contribution in [0.25, 0.3) is 0 Å². The molecule has 0 saturated carbocycles. The second-order valence-electron chi connectivity index (χ2n) is 5.82. The van der Waals surface area contributed by atoms with Gasteiger partial charge >= 0.3 is 0 Å². The highest BCUT2D eigenvalue weighted by molar-refractivity contribution is 7.90. The lowest BCUT2D eigenvalue weighted by Gasteiger charge is -2.28. The first-order valence-corrected chi connectivity index (χ1v) is 11.6. The van der Waals surface area contributed by atoms with Gasteiger partial charge in [-0.15, -0.1) is 0 Å². The lowest BCUT2D eigenvalue weighted by Crippen LogP contribution is -2.48. The van der Waals surface area contributed by atoms with Crippen molar-refractivity contribution in [1.82, 2.24) is 13.9 Å². The number of piperazine rings is 1. The van der Waals surface area contributed by atoms with Crippen molar-refractivity contribution in [2.45, 2.75) is 4.90 Å². The zero-order valence-electron chi connectivity index (χ0n) is 14.6. The highest BCUT2D eigenvalue weighted by Gasteiger charge is 2.29. The first-order chi connectivity index (χ1) is 12.3. The van der Waals surface area contributed by atoms with Crippen molar-refractivity contribution in [3.63, 3.8) is 0 Å². The molecule has 0 atom stereocenters. The summed E-state index contributed by atoms with van der Waals surface area (Å²) < 4.78 is 58.2. The van der Waals surface area contributed by atoms with Gasteiger partial charge in [-0.2, -0.15) is 8.61 Å². The van der Waals surface area contributed by atoms with E-state index in [4.69, 9.17) is 16.3 Å². The largest absolute Gasteiger partial charge is 0.383 e. The third-order valence-electron chi connectivity index (χ3n) is 4.06. The van der Waals surface area contributed by atoms with Crippen LogP contribution >= 0.6 is 11.6 Å². The average Bonchev–Trinajstić information content (AvgIpc) is 2.62. The molecule has 1 aromatic rings. The average molecular weight is 426 g/mol. The van der Waals surface area contributed by atoms with Gasteiger partial charge in [0.25, 0.3) is 0 Å². The molecule has 0 radical (unpaired) electrons. The van der Waals surface area contributed by atoms with E-state index in [0.29, 0.717) is 31.2 Å². The van der Waals surface area contributed by atoms with Crippen LogP contribution in [0.15, 0.2) is 29.2 Å². The van der Waals surface area contributed by atoms with Crippen LogP contribution in [0.1, 0.15) is 0 Å². The summed E-state index contributed by atoms with van der Waals surface area (Å²) >= 11 is 5.81. The van der Waals surface area contributed by atoms with E-state index in [9.17, 15) is 16.8 Å². The molecular weight excluding hydrogens is 402 g/mol. The molecule has 0 spiro atoms. The Hall–Kier alpha value is -0.750. The molecule has 1 aromatic carbocycles. The van der Waals surface area contributed by atoms with Crippen molar-refractivity contribution >= 4 is 31.6 Å². The van der Waals surface area contributed by atoms with Crippen LogP contribution in [0.2, 0.25) is 5.02 Å². The summed E-state index contributed by atoms with van der Waals surface area (Å²) in [6.45, 7) is 2.07. The van der Waals surface area contributed by atoms with Gasteiger partial charge in [-0.1, -0.05) is 11.6 Å². The molecule has 1 aliphatic rings. The Morgan fingerprint density at radius 2 is 1.73 bits per heavy atom. The summed E-state index contributed by atoms with van der Waals surface area (Å²) in [5.41, 5.74) is 0. The summed E-state index contributed by atoms with van der Waals surface area (Å²) in [5.74, 6) is -0.274. The molecule has 2 rings (SSSR count). The van der Waals surface area contributed by atoms with Crippen LogP contribution in [-0.2, 0) is 24.8 Å². The van der Waals surface area contributed by atoms with Crippen molar-refractivity contribution in [3.05, 3.63) is 29.3 Å². The Labute approximate surface area is 160 Å². The van der Waals surface area contributed by atoms with Crippen LogP contribution in [0.4, 0.5) is 0 Å². The first kappa shape index (κ1) is 21.5. The minimum atomic E-state index is -3.84. The molecule has 1 N–H and O–H groups in total. The van der Waals surface area contributed by atoms with E-state index in [1.165, 1.54) is 35.7 Å². The fourth-order valence-electron chi connectivity index (χ4n) is 2.57. The van der Waals surface area contributed by atoms with Crippen molar-refractivity contribution < 1.29 is 21.6 Å². The van der Waals surface area contributed by atoms with Crippen LogP contribution in [0, 0.1) is 0 Å². The van der Waals surface area contributed by atoms with Crippen LogP contribution in [0.3, 0.4) is 0 Å². The minimum Gasteiger partial charge on any atom is -0.383 e. The molecule has 8 nitrogen and oxygen atoms in total. The normalized spacial score (nSPS) is 16.9. The molecule has 1 saturated heterocycles. The zero-order valence-corrected chi connectivity index (χ0v) is 17.0. The molecule has 1 aliphatic heterocycles. The smallest absolute Gasteiger partial charge is 0.243 e. The van der Waals surface area contributed by atoms with E-state index >= 15 is 0 Å². The standard InChI is InChI=1S/C15H24ClN3O5S2/c1-24-12-10-19(26(22,23)15-4-2-14(16)3-5-15)11-13-25(20,21)18-8-6-17-7-9-18/h2-5,17H,6-13H2,1H3. The molecule has 0 unspecified atom stereocenters. The zero-order chi connectivity index (χ0) is 19.2. The summed E-state index contributed by atoms with van der Waals surface area (Å²) in [6.07, 6.45) is 0. The van der Waals surface area contributed by atoms with Crippen LogP contribution in [-0.4, -0.2) is 84.2 Å². The Kier molecular flexibility index (Phi) is 7.83. The lowest BCUT2D eigenvalue weighted by molar-refractivity contribution is 0.180. The highest BCUT2D eigenvalue weighted by atomic mass is 35.5. The van der Waals surface area contributed by atoms with Gasteiger partial charge in [0.05, 0.1) is 17.3 Å². The topological polar surface area (TPSA) is 96.0 Å². The Morgan fingerprint density at radius 1 is 1.12 bits per heavy atom. The third-order valence-corrected chi connectivity index (χ3v) is 8.08. The molecule has 11 heteroatoms. The van der Waals surface area contributed by atoms with Crippen molar-refractivity contribution in [3.8, 4) is 0 Å². The van der Waals surface area contributed by atoms with E-state index in [-0.39, 0.29) is 30.3 Å². The van der Waals surface area contributed by atoms with Gasteiger partial charge in [0.15, 0.2) is 0 Å². The lowest BCUT2D eigenvalue weighted by atomic mass is 10.4. The molecular formula is C15H24ClN3O5S2. The van der Waals surface area contributed by atoms with Gasteiger partial charge < -0.3 is 10.1 Å². The van der Waals surface area contributed by atoms with Gasteiger partial charge in [-0.05, 0) is 24.3 Å². The summed E-state index contributed by atoms with van der Waals surface area (Å²) in [4.78, 5) is 0.0672. The number of nitrogens with one attached hydrogen (secondary N) is 1. The quantitative estimate of drug-likeness (QED) is 0.607. The maximum Gasteiger partial charge on any atom is 0.243 e. The molecule has 148 valence electrons. The number of sulfonamides is 2. The maximum absolute atomic E-state index is 12.9. The monoisotopic (exact) mass is 425 g/mol. The Balaban J connectivity index is 2.14. The Morgan fingerprint density at radius 3 is 2.31 bits per heavy atom. The summed E-state index contributed by atoms with van der Waals surface area (Å²) in [7, 11) is -5.91. The van der Waals surface area contributed by atoms with Crippen LogP contribution < -0.4 is 5.32 Å². The Bertz CT molecular complexity index is 778. The van der Waals surface area contributed by atoms with Gasteiger partial charge in [0.2, 0.25) is 20.0 Å². The van der Waals surface area contributed by atoms with Gasteiger partial charge in [-0.3, -0.25) is 0 Å². The molecule has 0 aromatic heterocycles. The number of hydrogen-bond acceptors (Lipinski definition) is 6. The summed E-state index contributed by atoms with van der Waals surface area (Å²) in [5, 5.41) is 3.51. The predicted molar refractivity (Wildman–Crippen MR) is 100 cm³/mol. The van der Waals surface area contributed by atoms with E-state index < -0.39 is 20.0 Å². The minimum absolute atomic E-state index is 0.0672. The number of halogens is 1. The molecule has 26 heavy (non-hydrogen) atoms. The van der Waals surface area contributed by atoms with Crippen molar-refractivity contribution in [2.75, 3.05) is 58.7 Å². The predicted octanol–water partition coefficient (Wildman–Crippen LogP) is 0.212. The number of hydrogen-bond donors (Lipinski definition) is 1. The van der Waals surface area contributed by atoms with Gasteiger partial charge in [-0.25, -0.2) is 16.8 Å². The maximum atomic E-state index is 12.9. The molecule has 1 fully saturated rings. The molecule has 0 bridgehead atoms. The molecule has 0 amide bonds. The molecule has 1 heterocycles. The van der Waals surface area contributed by atoms with E-state index in [2.05, 4.69) is 5.32 Å². The number of rotatable bonds is 9. The van der Waals surface area contributed by atoms with Crippen molar-refractivity contribution in [1.29, 1.82) is 0 Å². The molecule has 0 aliphatic carbocycles. The van der Waals surface area contributed by atoms with E-state index in [1.54, 1.807) is 0 Å². The van der Waals surface area contributed by atoms with E-state index in [1.807, 2.05) is 0 Å². The number of ether oxygens (including phenoxy) is 1. The first-order valence-electron chi connectivity index (χ1n) is 8.20.